The number of esters is 1. The highest BCUT2D eigenvalue weighted by molar-refractivity contribution is 7.98. The summed E-state index contributed by atoms with van der Waals surface area (Å²) < 4.78 is 16.0. The fourth-order valence-corrected chi connectivity index (χ4v) is 3.42. The molecule has 0 unspecified atom stereocenters. The lowest BCUT2D eigenvalue weighted by Crippen LogP contribution is -2.14. The predicted octanol–water partition coefficient (Wildman–Crippen LogP) is 4.11. The second kappa shape index (κ2) is 9.88. The van der Waals surface area contributed by atoms with E-state index in [0.29, 0.717) is 34.3 Å². The van der Waals surface area contributed by atoms with Gasteiger partial charge in [-0.3, -0.25) is 4.79 Å². The van der Waals surface area contributed by atoms with Gasteiger partial charge in [-0.25, -0.2) is 4.79 Å². The third-order valence-corrected chi connectivity index (χ3v) is 4.93. The van der Waals surface area contributed by atoms with Crippen molar-refractivity contribution in [1.82, 2.24) is 10.1 Å². The highest BCUT2D eigenvalue weighted by atomic mass is 32.2. The van der Waals surface area contributed by atoms with Crippen molar-refractivity contribution < 1.29 is 23.6 Å². The third kappa shape index (κ3) is 5.68. The molecule has 0 amide bonds. The zero-order valence-electron chi connectivity index (χ0n) is 16.1. The number of carbonyl (C=O) groups excluding carboxylic acids is 2. The van der Waals surface area contributed by atoms with Gasteiger partial charge in [0.15, 0.2) is 11.6 Å². The van der Waals surface area contributed by atoms with Crippen LogP contribution in [0, 0.1) is 6.92 Å². The Morgan fingerprint density at radius 2 is 1.76 bits per heavy atom. The molecular formula is C21H20N2O5S. The summed E-state index contributed by atoms with van der Waals surface area (Å²) in [5, 5.41) is 3.75. The molecule has 0 aliphatic carbocycles. The van der Waals surface area contributed by atoms with Crippen LogP contribution in [-0.2, 0) is 10.5 Å². The summed E-state index contributed by atoms with van der Waals surface area (Å²) in [7, 11) is 0. The summed E-state index contributed by atoms with van der Waals surface area (Å²) in [6.07, 6.45) is 0. The van der Waals surface area contributed by atoms with Crippen LogP contribution in [0.3, 0.4) is 0 Å². The number of aromatic nitrogens is 2. The number of para-hydroxylation sites is 1. The van der Waals surface area contributed by atoms with Crippen LogP contribution in [0.25, 0.3) is 0 Å². The molecule has 150 valence electrons. The van der Waals surface area contributed by atoms with E-state index in [1.54, 1.807) is 43.3 Å². The van der Waals surface area contributed by atoms with Crippen LogP contribution in [0.1, 0.15) is 39.4 Å². The summed E-state index contributed by atoms with van der Waals surface area (Å²) in [5.41, 5.74) is 0.953. The molecule has 29 heavy (non-hydrogen) atoms. The fraction of sp³-hybridized carbons (Fsp3) is 0.238. The number of ether oxygens (including phenoxy) is 2. The van der Waals surface area contributed by atoms with Crippen molar-refractivity contribution in [3.05, 3.63) is 71.4 Å². The number of ketones is 1. The molecule has 0 fully saturated rings. The second-order valence-electron chi connectivity index (χ2n) is 6.06. The third-order valence-electron chi connectivity index (χ3n) is 3.87. The van der Waals surface area contributed by atoms with Gasteiger partial charge in [0, 0.05) is 4.90 Å². The minimum Gasteiger partial charge on any atom is -0.489 e. The Morgan fingerprint density at radius 3 is 2.48 bits per heavy atom. The van der Waals surface area contributed by atoms with Gasteiger partial charge < -0.3 is 14.0 Å². The molecule has 0 N–H and O–H groups in total. The highest BCUT2D eigenvalue weighted by Crippen LogP contribution is 2.26. The van der Waals surface area contributed by atoms with Gasteiger partial charge >= 0.3 is 5.97 Å². The Bertz CT molecular complexity index is 1000. The molecule has 0 aliphatic heterocycles. The van der Waals surface area contributed by atoms with Crippen molar-refractivity contribution in [2.75, 3.05) is 13.2 Å². The molecule has 3 rings (SSSR count). The van der Waals surface area contributed by atoms with Crippen molar-refractivity contribution in [3.63, 3.8) is 0 Å². The summed E-state index contributed by atoms with van der Waals surface area (Å²) in [4.78, 5) is 29.0. The van der Waals surface area contributed by atoms with Gasteiger partial charge in [-0.15, -0.1) is 11.8 Å². The van der Waals surface area contributed by atoms with Crippen molar-refractivity contribution >= 4 is 23.5 Å². The van der Waals surface area contributed by atoms with Crippen molar-refractivity contribution in [2.24, 2.45) is 0 Å². The molecule has 8 heteroatoms. The quantitative estimate of drug-likeness (QED) is 0.224. The van der Waals surface area contributed by atoms with Crippen LogP contribution in [0.4, 0.5) is 0 Å². The summed E-state index contributed by atoms with van der Waals surface area (Å²) in [5.74, 6) is 1.46. The van der Waals surface area contributed by atoms with Crippen LogP contribution in [0.2, 0.25) is 0 Å². The van der Waals surface area contributed by atoms with Gasteiger partial charge in [-0.2, -0.15) is 4.98 Å². The first-order valence-corrected chi connectivity index (χ1v) is 9.94. The number of carbonyl (C=O) groups is 2. The zero-order chi connectivity index (χ0) is 20.6. The van der Waals surface area contributed by atoms with Crippen molar-refractivity contribution in [1.29, 1.82) is 0 Å². The van der Waals surface area contributed by atoms with E-state index in [2.05, 4.69) is 10.1 Å². The first kappa shape index (κ1) is 20.6. The van der Waals surface area contributed by atoms with Crippen molar-refractivity contribution in [3.8, 4) is 5.75 Å². The second-order valence-corrected chi connectivity index (χ2v) is 7.07. The Balaban J connectivity index is 1.54. The number of hydrogen-bond acceptors (Lipinski definition) is 8. The zero-order valence-corrected chi connectivity index (χ0v) is 16.9. The smallest absolute Gasteiger partial charge is 0.339 e. The molecule has 0 radical (unpaired) electrons. The van der Waals surface area contributed by atoms with Crippen LogP contribution in [0.5, 0.6) is 5.75 Å². The first-order chi connectivity index (χ1) is 14.0. The lowest BCUT2D eigenvalue weighted by Gasteiger charge is -2.11. The Kier molecular flexibility index (Phi) is 7.02. The molecule has 0 spiro atoms. The average molecular weight is 412 g/mol. The van der Waals surface area contributed by atoms with E-state index >= 15 is 0 Å². The summed E-state index contributed by atoms with van der Waals surface area (Å²) in [6.45, 7) is 3.44. The topological polar surface area (TPSA) is 91.5 Å². The number of rotatable bonds is 9. The summed E-state index contributed by atoms with van der Waals surface area (Å²) >= 11 is 1.42. The highest BCUT2D eigenvalue weighted by Gasteiger charge is 2.14. The van der Waals surface area contributed by atoms with Gasteiger partial charge in [0.25, 0.3) is 0 Å². The Hall–Kier alpha value is -3.13. The molecule has 3 aromatic rings. The monoisotopic (exact) mass is 412 g/mol. The maximum atomic E-state index is 12.5. The maximum absolute atomic E-state index is 12.5. The predicted molar refractivity (Wildman–Crippen MR) is 107 cm³/mol. The molecule has 1 aromatic heterocycles. The van der Waals surface area contributed by atoms with E-state index in [1.807, 2.05) is 12.1 Å². The number of Topliss-reactive ketones (excluding diaryl/α,β-unsaturated/α-hetero) is 1. The minimum atomic E-state index is -0.446. The number of thioether (sulfide) groups is 1. The summed E-state index contributed by atoms with van der Waals surface area (Å²) in [6, 6.07) is 14.1. The van der Waals surface area contributed by atoms with Crippen LogP contribution in [-0.4, -0.2) is 35.1 Å². The van der Waals surface area contributed by atoms with E-state index < -0.39 is 5.97 Å². The van der Waals surface area contributed by atoms with Gasteiger partial charge in [0.1, 0.15) is 19.0 Å². The van der Waals surface area contributed by atoms with Gasteiger partial charge in [-0.1, -0.05) is 29.4 Å². The van der Waals surface area contributed by atoms with Crippen LogP contribution >= 0.6 is 11.8 Å². The number of aryl methyl sites for hydroxylation is 1. The standard InChI is InChI=1S/C21H20N2O5S/c1-14(24)16-7-3-5-9-18(16)26-11-12-27-21(25)17-8-4-6-10-19(17)29-13-20-22-15(2)23-28-20/h3-10H,11-13H2,1-2H3. The fourth-order valence-electron chi connectivity index (χ4n) is 2.55. The molecule has 0 bridgehead atoms. The molecule has 0 atom stereocenters. The van der Waals surface area contributed by atoms with E-state index in [0.717, 1.165) is 4.90 Å². The van der Waals surface area contributed by atoms with Crippen LogP contribution in [0.15, 0.2) is 57.9 Å². The molecule has 2 aromatic carbocycles. The normalized spacial score (nSPS) is 10.6. The van der Waals surface area contributed by atoms with Crippen molar-refractivity contribution in [2.45, 2.75) is 24.5 Å². The molecule has 0 aliphatic rings. The van der Waals surface area contributed by atoms with Gasteiger partial charge in [0.05, 0.1) is 16.9 Å². The van der Waals surface area contributed by atoms with Crippen LogP contribution < -0.4 is 4.74 Å². The van der Waals surface area contributed by atoms with Gasteiger partial charge in [0.2, 0.25) is 5.89 Å². The minimum absolute atomic E-state index is 0.0624. The number of nitrogens with zero attached hydrogens (tertiary/aromatic N) is 2. The molecule has 0 saturated heterocycles. The van der Waals surface area contributed by atoms with E-state index in [9.17, 15) is 9.59 Å². The van der Waals surface area contributed by atoms with E-state index in [-0.39, 0.29) is 19.0 Å². The number of hydrogen-bond donors (Lipinski definition) is 0. The lowest BCUT2D eigenvalue weighted by molar-refractivity contribution is 0.0445. The van der Waals surface area contributed by atoms with Gasteiger partial charge in [-0.05, 0) is 38.1 Å². The van der Waals surface area contributed by atoms with E-state index in [4.69, 9.17) is 14.0 Å². The average Bonchev–Trinajstić information content (AvgIpc) is 3.15. The molecular weight excluding hydrogens is 392 g/mol. The maximum Gasteiger partial charge on any atom is 0.339 e. The Morgan fingerprint density at radius 1 is 1.03 bits per heavy atom. The Labute approximate surface area is 172 Å². The van der Waals surface area contributed by atoms with E-state index in [1.165, 1.54) is 18.7 Å². The SMILES string of the molecule is CC(=O)c1ccccc1OCCOC(=O)c1ccccc1SCc1nc(C)no1. The molecule has 0 saturated carbocycles. The first-order valence-electron chi connectivity index (χ1n) is 8.95. The number of benzene rings is 2. The largest absolute Gasteiger partial charge is 0.489 e. The molecule has 1 heterocycles. The molecule has 7 nitrogen and oxygen atoms in total. The lowest BCUT2D eigenvalue weighted by atomic mass is 10.1.